The molecule has 0 aliphatic carbocycles. The van der Waals surface area contributed by atoms with E-state index in [1.807, 2.05) is 0 Å². The Morgan fingerprint density at radius 3 is 2.29 bits per heavy atom. The fourth-order valence-corrected chi connectivity index (χ4v) is 4.41. The topological polar surface area (TPSA) is 65.9 Å². The number of hydrogen-bond acceptors (Lipinski definition) is 4. The molecule has 3 rings (SSSR count). The van der Waals surface area contributed by atoms with Crippen molar-refractivity contribution >= 4 is 17.5 Å². The predicted octanol–water partition coefficient (Wildman–Crippen LogP) is 3.55. The summed E-state index contributed by atoms with van der Waals surface area (Å²) in [6, 6.07) is 5.21. The molecule has 9 heteroatoms. The van der Waals surface area contributed by atoms with Crippen LogP contribution in [0.2, 0.25) is 0 Å². The van der Waals surface area contributed by atoms with E-state index >= 15 is 0 Å². The first-order chi connectivity index (χ1) is 16.6. The quantitative estimate of drug-likeness (QED) is 0.663. The Morgan fingerprint density at radius 2 is 1.66 bits per heavy atom. The summed E-state index contributed by atoms with van der Waals surface area (Å²) in [5.74, 6) is -2.58. The molecule has 2 aromatic rings. The lowest BCUT2D eigenvalue weighted by molar-refractivity contribution is -0.118. The van der Waals surface area contributed by atoms with Crippen LogP contribution in [0.15, 0.2) is 35.3 Å². The predicted molar refractivity (Wildman–Crippen MR) is 131 cm³/mol. The Labute approximate surface area is 204 Å². The van der Waals surface area contributed by atoms with Crippen molar-refractivity contribution < 1.29 is 18.4 Å². The minimum absolute atomic E-state index is 0.00335. The highest BCUT2D eigenvalue weighted by Crippen LogP contribution is 2.28. The molecule has 0 radical (unpaired) electrons. The summed E-state index contributed by atoms with van der Waals surface area (Å²) >= 11 is 0. The van der Waals surface area contributed by atoms with Crippen molar-refractivity contribution in [3.63, 3.8) is 0 Å². The largest absolute Gasteiger partial charge is 0.334 e. The van der Waals surface area contributed by atoms with Gasteiger partial charge in [0.05, 0.1) is 11.3 Å². The van der Waals surface area contributed by atoms with Gasteiger partial charge in [0.15, 0.2) is 11.6 Å². The van der Waals surface area contributed by atoms with Crippen molar-refractivity contribution in [1.82, 2.24) is 14.4 Å². The third kappa shape index (κ3) is 6.33. The average Bonchev–Trinajstić information content (AvgIpc) is 2.82. The second kappa shape index (κ2) is 11.6. The molecule has 7 nitrogen and oxygen atoms in total. The molecule has 2 heterocycles. The number of hydrogen-bond donors (Lipinski definition) is 0. The van der Waals surface area contributed by atoms with Gasteiger partial charge >= 0.3 is 0 Å². The molecule has 0 fully saturated rings. The SMILES string of the molecule is CCC(=O)N1CCCN(C(C)C)CCCN(C(=O)c2ccc(=O)n(C)c2)Cc2cc(F)c(F)cc21. The molecule has 190 valence electrons. The first-order valence-corrected chi connectivity index (χ1v) is 12.1. The maximum atomic E-state index is 14.3. The fraction of sp³-hybridized carbons (Fsp3) is 0.500. The van der Waals surface area contributed by atoms with Crippen LogP contribution in [0.5, 0.6) is 0 Å². The second-order valence-electron chi connectivity index (χ2n) is 9.22. The van der Waals surface area contributed by atoms with Crippen molar-refractivity contribution in [3.8, 4) is 0 Å². The minimum Gasteiger partial charge on any atom is -0.334 e. The summed E-state index contributed by atoms with van der Waals surface area (Å²) in [5, 5.41) is 0. The van der Waals surface area contributed by atoms with Crippen molar-refractivity contribution in [1.29, 1.82) is 0 Å². The van der Waals surface area contributed by atoms with E-state index in [0.717, 1.165) is 25.2 Å². The van der Waals surface area contributed by atoms with E-state index in [9.17, 15) is 23.2 Å². The zero-order valence-electron chi connectivity index (χ0n) is 20.9. The molecule has 1 aromatic heterocycles. The number of rotatable bonds is 3. The number of amides is 2. The summed E-state index contributed by atoms with van der Waals surface area (Å²) in [6.07, 6.45) is 3.06. The lowest BCUT2D eigenvalue weighted by atomic mass is 10.1. The number of pyridine rings is 1. The highest BCUT2D eigenvalue weighted by atomic mass is 19.2. The Balaban J connectivity index is 2.07. The summed E-state index contributed by atoms with van der Waals surface area (Å²) in [6.45, 7) is 8.16. The van der Waals surface area contributed by atoms with E-state index in [4.69, 9.17) is 0 Å². The first kappa shape index (κ1) is 26.5. The van der Waals surface area contributed by atoms with Crippen LogP contribution < -0.4 is 10.5 Å². The highest BCUT2D eigenvalue weighted by molar-refractivity contribution is 5.95. The van der Waals surface area contributed by atoms with Gasteiger partial charge in [-0.25, -0.2) is 8.78 Å². The number of benzene rings is 1. The van der Waals surface area contributed by atoms with E-state index < -0.39 is 11.6 Å². The molecule has 0 bridgehead atoms. The number of nitrogens with zero attached hydrogens (tertiary/aromatic N) is 4. The van der Waals surface area contributed by atoms with Crippen LogP contribution in [0.3, 0.4) is 0 Å². The van der Waals surface area contributed by atoms with Gasteiger partial charge in [-0.1, -0.05) is 6.92 Å². The van der Waals surface area contributed by atoms with Crippen LogP contribution >= 0.6 is 0 Å². The van der Waals surface area contributed by atoms with E-state index in [1.165, 1.54) is 27.8 Å². The molecule has 1 aliphatic rings. The normalized spacial score (nSPS) is 16.0. The first-order valence-electron chi connectivity index (χ1n) is 12.1. The molecular weight excluding hydrogens is 454 g/mol. The third-order valence-corrected chi connectivity index (χ3v) is 6.43. The van der Waals surface area contributed by atoms with Crippen LogP contribution in [-0.2, 0) is 18.4 Å². The van der Waals surface area contributed by atoms with Gasteiger partial charge in [-0.05, 0) is 44.4 Å². The molecule has 1 aromatic carbocycles. The maximum absolute atomic E-state index is 14.3. The molecule has 1 aliphatic heterocycles. The van der Waals surface area contributed by atoms with Gasteiger partial charge in [0, 0.05) is 70.6 Å². The molecule has 0 N–H and O–H groups in total. The summed E-state index contributed by atoms with van der Waals surface area (Å²) in [7, 11) is 1.57. The van der Waals surface area contributed by atoms with Gasteiger partial charge in [-0.2, -0.15) is 0 Å². The molecule has 0 saturated heterocycles. The van der Waals surface area contributed by atoms with E-state index in [2.05, 4.69) is 18.7 Å². The van der Waals surface area contributed by atoms with E-state index in [0.29, 0.717) is 37.1 Å². The Bertz CT molecular complexity index is 1130. The van der Waals surface area contributed by atoms with Gasteiger partial charge in [0.2, 0.25) is 11.5 Å². The summed E-state index contributed by atoms with van der Waals surface area (Å²) in [5.41, 5.74) is 0.737. The summed E-state index contributed by atoms with van der Waals surface area (Å²) < 4.78 is 30.0. The van der Waals surface area contributed by atoms with Gasteiger partial charge in [-0.3, -0.25) is 14.4 Å². The van der Waals surface area contributed by atoms with Crippen LogP contribution in [0.1, 0.15) is 56.0 Å². The fourth-order valence-electron chi connectivity index (χ4n) is 4.41. The van der Waals surface area contributed by atoms with Crippen LogP contribution in [-0.4, -0.2) is 58.4 Å². The Hall–Kier alpha value is -3.07. The summed E-state index contributed by atoms with van der Waals surface area (Å²) in [4.78, 5) is 43.5. The van der Waals surface area contributed by atoms with Crippen molar-refractivity contribution in [2.75, 3.05) is 31.1 Å². The maximum Gasteiger partial charge on any atom is 0.255 e. The van der Waals surface area contributed by atoms with Gasteiger partial charge in [-0.15, -0.1) is 0 Å². The van der Waals surface area contributed by atoms with E-state index in [1.54, 1.807) is 18.9 Å². The van der Waals surface area contributed by atoms with Gasteiger partial charge in [0.25, 0.3) is 5.91 Å². The lowest BCUT2D eigenvalue weighted by Gasteiger charge is -2.33. The molecule has 35 heavy (non-hydrogen) atoms. The van der Waals surface area contributed by atoms with Crippen LogP contribution in [0, 0.1) is 11.6 Å². The van der Waals surface area contributed by atoms with Crippen molar-refractivity contribution in [3.05, 3.63) is 63.6 Å². The second-order valence-corrected chi connectivity index (χ2v) is 9.22. The Morgan fingerprint density at radius 1 is 1.00 bits per heavy atom. The average molecular weight is 489 g/mol. The molecule has 0 saturated carbocycles. The number of aromatic nitrogens is 1. The number of carbonyl (C=O) groups is 2. The smallest absolute Gasteiger partial charge is 0.255 e. The Kier molecular flexibility index (Phi) is 8.77. The number of aryl methyl sites for hydroxylation is 1. The van der Waals surface area contributed by atoms with Gasteiger partial charge in [0.1, 0.15) is 0 Å². The zero-order chi connectivity index (χ0) is 25.7. The molecule has 0 unspecified atom stereocenters. The third-order valence-electron chi connectivity index (χ3n) is 6.43. The molecule has 0 atom stereocenters. The monoisotopic (exact) mass is 488 g/mol. The zero-order valence-corrected chi connectivity index (χ0v) is 20.9. The van der Waals surface area contributed by atoms with Crippen molar-refractivity contribution in [2.45, 2.75) is 52.6 Å². The number of carbonyl (C=O) groups excluding carboxylic acids is 2. The molecule has 0 spiro atoms. The lowest BCUT2D eigenvalue weighted by Crippen LogP contribution is -2.40. The van der Waals surface area contributed by atoms with E-state index in [-0.39, 0.29) is 42.1 Å². The van der Waals surface area contributed by atoms with Gasteiger partial charge < -0.3 is 19.3 Å². The highest BCUT2D eigenvalue weighted by Gasteiger charge is 2.25. The number of fused-ring (bicyclic) bond motifs is 1. The van der Waals surface area contributed by atoms with Crippen LogP contribution in [0.25, 0.3) is 0 Å². The van der Waals surface area contributed by atoms with Crippen LogP contribution in [0.4, 0.5) is 14.5 Å². The minimum atomic E-state index is -1.04. The number of halogens is 2. The molecule has 2 amide bonds. The standard InChI is InChI=1S/C26H34F2N4O3/c1-5-24(33)32-13-7-11-30(18(2)3)10-6-12-31(17-20-14-21(27)22(28)15-23(20)32)26(35)19-8-9-25(34)29(4)16-19/h8-9,14-16,18H,5-7,10-13,17H2,1-4H3. The van der Waals surface area contributed by atoms with Crippen molar-refractivity contribution in [2.24, 2.45) is 7.05 Å². The number of anilines is 1. The molecular formula is C26H34F2N4O3.